The maximum Gasteiger partial charge on any atom is 0.204 e. The van der Waals surface area contributed by atoms with Crippen molar-refractivity contribution in [1.82, 2.24) is 20.6 Å². The normalized spacial score (nSPS) is 26.4. The molecule has 0 bridgehead atoms. The van der Waals surface area contributed by atoms with Gasteiger partial charge in [0.05, 0.1) is 0 Å². The molecule has 3 unspecified atom stereocenters. The fourth-order valence-corrected chi connectivity index (χ4v) is 3.13. The van der Waals surface area contributed by atoms with Crippen LogP contribution in [0.25, 0.3) is 11.4 Å². The second-order valence-electron chi connectivity index (χ2n) is 5.96. The first kappa shape index (κ1) is 13.1. The van der Waals surface area contributed by atoms with Crippen molar-refractivity contribution in [1.29, 1.82) is 0 Å². The van der Waals surface area contributed by atoms with Crippen LogP contribution in [0.15, 0.2) is 24.3 Å². The first-order chi connectivity index (χ1) is 9.72. The zero-order valence-corrected chi connectivity index (χ0v) is 12.0. The van der Waals surface area contributed by atoms with Crippen LogP contribution in [0.1, 0.15) is 33.1 Å². The number of nitrogens with zero attached hydrogens (tertiary/aromatic N) is 3. The molecular weight excluding hydrogens is 250 g/mol. The lowest BCUT2D eigenvalue weighted by molar-refractivity contribution is 0.276. The fourth-order valence-electron chi connectivity index (χ4n) is 3.13. The van der Waals surface area contributed by atoms with E-state index >= 15 is 0 Å². The van der Waals surface area contributed by atoms with Crippen LogP contribution in [0.3, 0.4) is 0 Å². The van der Waals surface area contributed by atoms with Crippen LogP contribution in [0.4, 0.5) is 5.69 Å². The Bertz CT molecular complexity index is 551. The summed E-state index contributed by atoms with van der Waals surface area (Å²) in [7, 11) is 0. The highest BCUT2D eigenvalue weighted by Crippen LogP contribution is 2.31. The van der Waals surface area contributed by atoms with Crippen molar-refractivity contribution in [3.63, 3.8) is 0 Å². The van der Waals surface area contributed by atoms with Crippen molar-refractivity contribution in [2.24, 2.45) is 11.8 Å². The maximum absolute atomic E-state index is 4.02. The van der Waals surface area contributed by atoms with Gasteiger partial charge in [0.15, 0.2) is 0 Å². The van der Waals surface area contributed by atoms with Gasteiger partial charge in [0, 0.05) is 17.3 Å². The molecule has 1 aliphatic carbocycles. The van der Waals surface area contributed by atoms with Crippen molar-refractivity contribution in [2.75, 3.05) is 5.32 Å². The Balaban J connectivity index is 1.73. The molecule has 0 amide bonds. The van der Waals surface area contributed by atoms with Crippen LogP contribution in [-0.2, 0) is 0 Å². The summed E-state index contributed by atoms with van der Waals surface area (Å²) in [5.74, 6) is 2.21. The molecule has 3 atom stereocenters. The largest absolute Gasteiger partial charge is 0.382 e. The number of hydrogen-bond acceptors (Lipinski definition) is 4. The van der Waals surface area contributed by atoms with E-state index in [-0.39, 0.29) is 0 Å². The minimum absolute atomic E-state index is 0.562. The van der Waals surface area contributed by atoms with E-state index in [4.69, 9.17) is 0 Å². The second kappa shape index (κ2) is 5.61. The number of H-pyrrole nitrogens is 1. The van der Waals surface area contributed by atoms with Crippen molar-refractivity contribution in [3.05, 3.63) is 24.3 Å². The van der Waals surface area contributed by atoms with Gasteiger partial charge in [-0.05, 0) is 48.4 Å². The van der Waals surface area contributed by atoms with Crippen molar-refractivity contribution < 1.29 is 0 Å². The first-order valence-electron chi connectivity index (χ1n) is 7.33. The molecule has 5 heteroatoms. The molecule has 5 nitrogen and oxygen atoms in total. The molecule has 1 aromatic heterocycles. The summed E-state index contributed by atoms with van der Waals surface area (Å²) in [6.45, 7) is 4.69. The zero-order chi connectivity index (χ0) is 13.9. The Morgan fingerprint density at radius 2 is 2.15 bits per heavy atom. The summed E-state index contributed by atoms with van der Waals surface area (Å²) in [5.41, 5.74) is 2.12. The van der Waals surface area contributed by atoms with E-state index in [2.05, 4.69) is 51.9 Å². The van der Waals surface area contributed by atoms with Crippen LogP contribution in [-0.4, -0.2) is 26.7 Å². The van der Waals surface area contributed by atoms with E-state index in [9.17, 15) is 0 Å². The highest BCUT2D eigenvalue weighted by atomic mass is 15.5. The molecular formula is C15H21N5. The molecule has 2 N–H and O–H groups in total. The number of aromatic amines is 1. The van der Waals surface area contributed by atoms with Crippen LogP contribution in [0, 0.1) is 11.8 Å². The Morgan fingerprint density at radius 1 is 1.25 bits per heavy atom. The van der Waals surface area contributed by atoms with Crippen LogP contribution in [0.5, 0.6) is 0 Å². The molecule has 2 aromatic rings. The Labute approximate surface area is 119 Å². The van der Waals surface area contributed by atoms with Gasteiger partial charge in [-0.25, -0.2) is 0 Å². The molecule has 0 saturated heterocycles. The monoisotopic (exact) mass is 271 g/mol. The number of benzene rings is 1. The average Bonchev–Trinajstić information content (AvgIpc) is 2.96. The van der Waals surface area contributed by atoms with E-state index in [1.807, 2.05) is 12.1 Å². The Kier molecular flexibility index (Phi) is 3.67. The highest BCUT2D eigenvalue weighted by molar-refractivity contribution is 5.61. The van der Waals surface area contributed by atoms with Crippen molar-refractivity contribution >= 4 is 5.69 Å². The van der Waals surface area contributed by atoms with Gasteiger partial charge in [0.25, 0.3) is 0 Å². The molecule has 1 heterocycles. The number of anilines is 1. The minimum atomic E-state index is 0.562. The van der Waals surface area contributed by atoms with Gasteiger partial charge in [0.2, 0.25) is 5.82 Å². The average molecular weight is 271 g/mol. The molecule has 0 aliphatic heterocycles. The minimum Gasteiger partial charge on any atom is -0.382 e. The predicted molar refractivity (Wildman–Crippen MR) is 79.2 cm³/mol. The third-order valence-electron chi connectivity index (χ3n) is 4.25. The van der Waals surface area contributed by atoms with E-state index in [0.717, 1.165) is 17.2 Å². The van der Waals surface area contributed by atoms with Gasteiger partial charge in [0.1, 0.15) is 0 Å². The lowest BCUT2D eigenvalue weighted by Crippen LogP contribution is -2.32. The van der Waals surface area contributed by atoms with Gasteiger partial charge < -0.3 is 5.32 Å². The third-order valence-corrected chi connectivity index (χ3v) is 4.25. The summed E-state index contributed by atoms with van der Waals surface area (Å²) in [4.78, 5) is 0. The molecule has 1 saturated carbocycles. The van der Waals surface area contributed by atoms with E-state index in [1.54, 1.807) is 0 Å². The van der Waals surface area contributed by atoms with Gasteiger partial charge in [-0.2, -0.15) is 5.21 Å². The van der Waals surface area contributed by atoms with E-state index in [0.29, 0.717) is 17.8 Å². The molecule has 0 spiro atoms. The number of aromatic nitrogens is 4. The number of rotatable bonds is 3. The first-order valence-corrected chi connectivity index (χ1v) is 7.33. The zero-order valence-electron chi connectivity index (χ0n) is 12.0. The lowest BCUT2D eigenvalue weighted by atomic mass is 9.80. The quantitative estimate of drug-likeness (QED) is 0.900. The molecule has 106 valence electrons. The highest BCUT2D eigenvalue weighted by Gasteiger charge is 2.25. The second-order valence-corrected chi connectivity index (χ2v) is 5.96. The number of nitrogens with one attached hydrogen (secondary N) is 2. The topological polar surface area (TPSA) is 66.5 Å². The SMILES string of the molecule is CC1CCC(Nc2cccc(-c3nn[nH]n3)c2)C(C)C1. The Morgan fingerprint density at radius 3 is 2.90 bits per heavy atom. The Hall–Kier alpha value is -1.91. The summed E-state index contributed by atoms with van der Waals surface area (Å²) >= 11 is 0. The van der Waals surface area contributed by atoms with E-state index < -0.39 is 0 Å². The molecule has 1 fully saturated rings. The summed E-state index contributed by atoms with van der Waals surface area (Å²) in [6.07, 6.45) is 3.86. The van der Waals surface area contributed by atoms with Gasteiger partial charge >= 0.3 is 0 Å². The third kappa shape index (κ3) is 2.81. The maximum atomic E-state index is 4.02. The molecule has 0 radical (unpaired) electrons. The summed E-state index contributed by atoms with van der Waals surface area (Å²) in [6, 6.07) is 8.79. The van der Waals surface area contributed by atoms with Crippen LogP contribution in [0.2, 0.25) is 0 Å². The van der Waals surface area contributed by atoms with Crippen molar-refractivity contribution in [3.8, 4) is 11.4 Å². The molecule has 3 rings (SSSR count). The number of tetrazole rings is 1. The van der Waals surface area contributed by atoms with Gasteiger partial charge in [-0.1, -0.05) is 26.0 Å². The summed E-state index contributed by atoms with van der Waals surface area (Å²) in [5, 5.41) is 17.8. The van der Waals surface area contributed by atoms with E-state index in [1.165, 1.54) is 19.3 Å². The smallest absolute Gasteiger partial charge is 0.204 e. The summed E-state index contributed by atoms with van der Waals surface area (Å²) < 4.78 is 0. The van der Waals surface area contributed by atoms with Crippen LogP contribution < -0.4 is 5.32 Å². The van der Waals surface area contributed by atoms with Crippen molar-refractivity contribution in [2.45, 2.75) is 39.2 Å². The number of hydrogen-bond donors (Lipinski definition) is 2. The molecule has 1 aliphatic rings. The predicted octanol–water partition coefficient (Wildman–Crippen LogP) is 3.10. The molecule has 20 heavy (non-hydrogen) atoms. The fraction of sp³-hybridized carbons (Fsp3) is 0.533. The van der Waals surface area contributed by atoms with Gasteiger partial charge in [-0.3, -0.25) is 0 Å². The van der Waals surface area contributed by atoms with Crippen LogP contribution >= 0.6 is 0 Å². The molecule has 1 aromatic carbocycles. The lowest BCUT2D eigenvalue weighted by Gasteiger charge is -2.33. The van der Waals surface area contributed by atoms with Gasteiger partial charge in [-0.15, -0.1) is 10.2 Å². The standard InChI is InChI=1S/C15H21N5/c1-10-6-7-14(11(2)8-10)16-13-5-3-4-12(9-13)15-17-19-20-18-15/h3-5,9-11,14,16H,6-8H2,1-2H3,(H,17,18,19,20).